The molecule has 1 aliphatic rings. The van der Waals surface area contributed by atoms with Crippen molar-refractivity contribution in [1.29, 1.82) is 0 Å². The van der Waals surface area contributed by atoms with Crippen LogP contribution in [-0.4, -0.2) is 35.0 Å². The Morgan fingerprint density at radius 2 is 2.14 bits per heavy atom. The van der Waals surface area contributed by atoms with Gasteiger partial charge in [0.05, 0.1) is 6.61 Å². The standard InChI is InChI=1S/C16H21NO4/c1-3-8-21-14-5-4-13-10-17(7-6-12(13)9-14)15(18)11(2)16(19)20/h4-5,9,11H,3,6-8,10H2,1-2H3,(H,19,20). The largest absolute Gasteiger partial charge is 0.494 e. The predicted molar refractivity (Wildman–Crippen MR) is 78.1 cm³/mol. The summed E-state index contributed by atoms with van der Waals surface area (Å²) in [7, 11) is 0. The molecular formula is C16H21NO4. The van der Waals surface area contributed by atoms with Crippen LogP contribution < -0.4 is 4.74 Å². The van der Waals surface area contributed by atoms with E-state index >= 15 is 0 Å². The summed E-state index contributed by atoms with van der Waals surface area (Å²) < 4.78 is 5.61. The van der Waals surface area contributed by atoms with Crippen LogP contribution in [0.5, 0.6) is 5.75 Å². The summed E-state index contributed by atoms with van der Waals surface area (Å²) in [6.45, 7) is 5.22. The zero-order chi connectivity index (χ0) is 15.4. The fourth-order valence-corrected chi connectivity index (χ4v) is 2.41. The lowest BCUT2D eigenvalue weighted by Crippen LogP contribution is -2.41. The average Bonchev–Trinajstić information content (AvgIpc) is 2.50. The molecule has 21 heavy (non-hydrogen) atoms. The predicted octanol–water partition coefficient (Wildman–Crippen LogP) is 2.08. The van der Waals surface area contributed by atoms with Gasteiger partial charge in [0, 0.05) is 13.1 Å². The minimum absolute atomic E-state index is 0.320. The van der Waals surface area contributed by atoms with E-state index in [-0.39, 0.29) is 5.91 Å². The van der Waals surface area contributed by atoms with Gasteiger partial charge in [0.1, 0.15) is 11.7 Å². The van der Waals surface area contributed by atoms with Crippen LogP contribution in [0.1, 0.15) is 31.4 Å². The van der Waals surface area contributed by atoms with Crippen LogP contribution in [0.4, 0.5) is 0 Å². The number of amides is 1. The van der Waals surface area contributed by atoms with Crippen molar-refractivity contribution in [2.45, 2.75) is 33.2 Å². The van der Waals surface area contributed by atoms with Gasteiger partial charge in [0.15, 0.2) is 0 Å². The molecule has 0 bridgehead atoms. The lowest BCUT2D eigenvalue weighted by atomic mass is 9.98. The highest BCUT2D eigenvalue weighted by atomic mass is 16.5. The normalized spacial score (nSPS) is 15.2. The quantitative estimate of drug-likeness (QED) is 0.843. The lowest BCUT2D eigenvalue weighted by Gasteiger charge is -2.30. The maximum atomic E-state index is 12.1. The molecule has 0 fully saturated rings. The van der Waals surface area contributed by atoms with Crippen molar-refractivity contribution in [1.82, 2.24) is 4.90 Å². The van der Waals surface area contributed by atoms with Crippen LogP contribution in [0.15, 0.2) is 18.2 Å². The third-order valence-electron chi connectivity index (χ3n) is 3.72. The number of nitrogens with zero attached hydrogens (tertiary/aromatic N) is 1. The molecule has 1 aliphatic heterocycles. The van der Waals surface area contributed by atoms with Gasteiger partial charge in [0.2, 0.25) is 5.91 Å². The third-order valence-corrected chi connectivity index (χ3v) is 3.72. The Kier molecular flexibility index (Phi) is 4.83. The maximum absolute atomic E-state index is 12.1. The Labute approximate surface area is 124 Å². The fourth-order valence-electron chi connectivity index (χ4n) is 2.41. The van der Waals surface area contributed by atoms with Gasteiger partial charge in [-0.15, -0.1) is 0 Å². The van der Waals surface area contributed by atoms with E-state index in [0.29, 0.717) is 19.7 Å². The summed E-state index contributed by atoms with van der Waals surface area (Å²) in [4.78, 5) is 24.6. The summed E-state index contributed by atoms with van der Waals surface area (Å²) in [6.07, 6.45) is 1.70. The Morgan fingerprint density at radius 3 is 2.81 bits per heavy atom. The van der Waals surface area contributed by atoms with E-state index in [1.165, 1.54) is 12.5 Å². The maximum Gasteiger partial charge on any atom is 0.315 e. The van der Waals surface area contributed by atoms with Crippen LogP contribution in [0.2, 0.25) is 0 Å². The van der Waals surface area contributed by atoms with Crippen LogP contribution in [0.25, 0.3) is 0 Å². The molecule has 1 heterocycles. The molecule has 1 N–H and O–H groups in total. The van der Waals surface area contributed by atoms with Gasteiger partial charge >= 0.3 is 5.97 Å². The first-order valence-electron chi connectivity index (χ1n) is 7.29. The summed E-state index contributed by atoms with van der Waals surface area (Å²) in [5.41, 5.74) is 2.24. The number of carbonyl (C=O) groups excluding carboxylic acids is 1. The molecule has 5 heteroatoms. The number of hydrogen-bond acceptors (Lipinski definition) is 3. The van der Waals surface area contributed by atoms with Gasteiger partial charge in [-0.1, -0.05) is 13.0 Å². The Bertz CT molecular complexity index is 541. The van der Waals surface area contributed by atoms with Crippen molar-refractivity contribution in [3.63, 3.8) is 0 Å². The first-order chi connectivity index (χ1) is 10.0. The van der Waals surface area contributed by atoms with Crippen LogP contribution in [0, 0.1) is 5.92 Å². The SMILES string of the molecule is CCCOc1ccc2c(c1)CCN(C(=O)C(C)C(=O)O)C2. The molecule has 1 atom stereocenters. The van der Waals surface area contributed by atoms with Crippen LogP contribution in [0.3, 0.4) is 0 Å². The molecular weight excluding hydrogens is 270 g/mol. The van der Waals surface area contributed by atoms with Gasteiger partial charge < -0.3 is 14.7 Å². The molecule has 0 saturated heterocycles. The fraction of sp³-hybridized carbons (Fsp3) is 0.500. The highest BCUT2D eigenvalue weighted by Gasteiger charge is 2.28. The Hall–Kier alpha value is -2.04. The number of carboxylic acids is 1. The summed E-state index contributed by atoms with van der Waals surface area (Å²) >= 11 is 0. The molecule has 114 valence electrons. The van der Waals surface area contributed by atoms with Gasteiger partial charge in [-0.3, -0.25) is 9.59 Å². The molecule has 1 unspecified atom stereocenters. The number of carboxylic acid groups (broad SMARTS) is 1. The van der Waals surface area contributed by atoms with Gasteiger partial charge in [-0.2, -0.15) is 0 Å². The minimum Gasteiger partial charge on any atom is -0.494 e. The molecule has 0 spiro atoms. The molecule has 2 rings (SSSR count). The molecule has 1 aromatic rings. The zero-order valence-electron chi connectivity index (χ0n) is 12.5. The first-order valence-corrected chi connectivity index (χ1v) is 7.29. The molecule has 0 saturated carbocycles. The molecule has 0 aromatic heterocycles. The van der Waals surface area contributed by atoms with Crippen molar-refractivity contribution in [2.24, 2.45) is 5.92 Å². The third kappa shape index (κ3) is 3.54. The number of hydrogen-bond donors (Lipinski definition) is 1. The molecule has 1 aromatic carbocycles. The second-order valence-electron chi connectivity index (χ2n) is 5.35. The molecule has 0 aliphatic carbocycles. The summed E-state index contributed by atoms with van der Waals surface area (Å²) in [5.74, 6) is -1.53. The van der Waals surface area contributed by atoms with E-state index < -0.39 is 11.9 Å². The second kappa shape index (κ2) is 6.61. The van der Waals surface area contributed by atoms with Gasteiger partial charge in [-0.05, 0) is 43.0 Å². The highest BCUT2D eigenvalue weighted by Crippen LogP contribution is 2.25. The van der Waals surface area contributed by atoms with E-state index in [0.717, 1.165) is 24.2 Å². The zero-order valence-corrected chi connectivity index (χ0v) is 12.5. The second-order valence-corrected chi connectivity index (χ2v) is 5.35. The smallest absolute Gasteiger partial charge is 0.315 e. The Morgan fingerprint density at radius 1 is 1.38 bits per heavy atom. The lowest BCUT2D eigenvalue weighted by molar-refractivity contribution is -0.150. The van der Waals surface area contributed by atoms with E-state index in [1.807, 2.05) is 18.2 Å². The number of benzene rings is 1. The van der Waals surface area contributed by atoms with Crippen molar-refractivity contribution in [3.05, 3.63) is 29.3 Å². The molecule has 1 amide bonds. The van der Waals surface area contributed by atoms with Crippen LogP contribution >= 0.6 is 0 Å². The van der Waals surface area contributed by atoms with E-state index in [4.69, 9.17) is 9.84 Å². The van der Waals surface area contributed by atoms with E-state index in [9.17, 15) is 9.59 Å². The van der Waals surface area contributed by atoms with Crippen molar-refractivity contribution in [3.8, 4) is 5.75 Å². The number of fused-ring (bicyclic) bond motifs is 1. The highest BCUT2D eigenvalue weighted by molar-refractivity contribution is 5.96. The number of ether oxygens (including phenoxy) is 1. The van der Waals surface area contributed by atoms with E-state index in [1.54, 1.807) is 4.90 Å². The summed E-state index contributed by atoms with van der Waals surface area (Å²) in [6, 6.07) is 5.89. The Balaban J connectivity index is 2.07. The van der Waals surface area contributed by atoms with Crippen molar-refractivity contribution in [2.75, 3.05) is 13.2 Å². The first kappa shape index (κ1) is 15.4. The number of carbonyl (C=O) groups is 2. The minimum atomic E-state index is -1.07. The number of aliphatic carboxylic acids is 1. The molecule has 0 radical (unpaired) electrons. The topological polar surface area (TPSA) is 66.8 Å². The van der Waals surface area contributed by atoms with Crippen molar-refractivity contribution >= 4 is 11.9 Å². The van der Waals surface area contributed by atoms with Gasteiger partial charge in [-0.25, -0.2) is 0 Å². The number of rotatable bonds is 5. The monoisotopic (exact) mass is 291 g/mol. The average molecular weight is 291 g/mol. The van der Waals surface area contributed by atoms with Crippen LogP contribution in [-0.2, 0) is 22.6 Å². The van der Waals surface area contributed by atoms with Crippen molar-refractivity contribution < 1.29 is 19.4 Å². The molecule has 5 nitrogen and oxygen atoms in total. The summed E-state index contributed by atoms with van der Waals surface area (Å²) in [5, 5.41) is 8.93. The van der Waals surface area contributed by atoms with Gasteiger partial charge in [0.25, 0.3) is 0 Å². The van der Waals surface area contributed by atoms with E-state index in [2.05, 4.69) is 6.92 Å².